The molecule has 0 aromatic rings. The number of alkyl halides is 1. The summed E-state index contributed by atoms with van der Waals surface area (Å²) >= 11 is 0. The smallest absolute Gasteiger partial charge is 0.107 e. The molecule has 1 fully saturated rings. The SMILES string of the molecule is FCC=C[SiH2]C1CCCCC1. The Labute approximate surface area is 70.7 Å². The van der Waals surface area contributed by atoms with Gasteiger partial charge in [-0.2, -0.15) is 0 Å². The fraction of sp³-hybridized carbons (Fsp3) is 0.778. The van der Waals surface area contributed by atoms with Gasteiger partial charge >= 0.3 is 0 Å². The van der Waals surface area contributed by atoms with Crippen LogP contribution in [0.2, 0.25) is 5.54 Å². The Morgan fingerprint density at radius 3 is 2.64 bits per heavy atom. The highest BCUT2D eigenvalue weighted by Gasteiger charge is 2.11. The first kappa shape index (κ1) is 8.98. The molecular formula is C9H17FSi. The molecular weight excluding hydrogens is 155 g/mol. The van der Waals surface area contributed by atoms with Gasteiger partial charge in [-0.1, -0.05) is 38.2 Å². The quantitative estimate of drug-likeness (QED) is 0.573. The van der Waals surface area contributed by atoms with Gasteiger partial charge in [0, 0.05) is 9.52 Å². The van der Waals surface area contributed by atoms with E-state index in [-0.39, 0.29) is 16.2 Å². The van der Waals surface area contributed by atoms with Crippen molar-refractivity contribution in [3.63, 3.8) is 0 Å². The van der Waals surface area contributed by atoms with E-state index in [1.807, 2.05) is 0 Å². The highest BCUT2D eigenvalue weighted by Crippen LogP contribution is 2.27. The summed E-state index contributed by atoms with van der Waals surface area (Å²) in [4.78, 5) is 0. The normalized spacial score (nSPS) is 22.3. The first-order valence-electron chi connectivity index (χ1n) is 4.64. The first-order chi connectivity index (χ1) is 5.43. The third-order valence-electron chi connectivity index (χ3n) is 2.45. The van der Waals surface area contributed by atoms with Crippen molar-refractivity contribution in [2.24, 2.45) is 0 Å². The van der Waals surface area contributed by atoms with E-state index in [1.54, 1.807) is 6.08 Å². The molecule has 1 aliphatic carbocycles. The minimum Gasteiger partial charge on any atom is -0.247 e. The van der Waals surface area contributed by atoms with Crippen molar-refractivity contribution in [2.45, 2.75) is 37.6 Å². The van der Waals surface area contributed by atoms with Crippen LogP contribution in [0.5, 0.6) is 0 Å². The summed E-state index contributed by atoms with van der Waals surface area (Å²) in [7, 11) is -0.0660. The Balaban J connectivity index is 2.09. The molecule has 0 nitrogen and oxygen atoms in total. The average Bonchev–Trinajstić information content (AvgIpc) is 2.07. The lowest BCUT2D eigenvalue weighted by Gasteiger charge is -2.19. The molecule has 1 saturated carbocycles. The second kappa shape index (κ2) is 5.53. The summed E-state index contributed by atoms with van der Waals surface area (Å²) in [5.41, 5.74) is 3.13. The van der Waals surface area contributed by atoms with Crippen LogP contribution >= 0.6 is 0 Å². The fourth-order valence-electron chi connectivity index (χ4n) is 1.77. The lowest BCUT2D eigenvalue weighted by molar-refractivity contribution is 0.502. The van der Waals surface area contributed by atoms with Gasteiger partial charge in [0.15, 0.2) is 0 Å². The van der Waals surface area contributed by atoms with E-state index in [4.69, 9.17) is 0 Å². The van der Waals surface area contributed by atoms with Crippen LogP contribution in [0.3, 0.4) is 0 Å². The van der Waals surface area contributed by atoms with Gasteiger partial charge < -0.3 is 0 Å². The van der Waals surface area contributed by atoms with Gasteiger partial charge in [0.05, 0.1) is 0 Å². The van der Waals surface area contributed by atoms with E-state index in [2.05, 4.69) is 5.70 Å². The van der Waals surface area contributed by atoms with E-state index >= 15 is 0 Å². The molecule has 64 valence electrons. The van der Waals surface area contributed by atoms with Crippen molar-refractivity contribution in [1.29, 1.82) is 0 Å². The topological polar surface area (TPSA) is 0 Å². The Bertz CT molecular complexity index is 117. The summed E-state index contributed by atoms with van der Waals surface area (Å²) in [6, 6.07) is 0. The summed E-state index contributed by atoms with van der Waals surface area (Å²) in [5, 5.41) is 0. The molecule has 2 heteroatoms. The maximum absolute atomic E-state index is 11.7. The summed E-state index contributed by atoms with van der Waals surface area (Å²) in [6.45, 7) is -0.264. The average molecular weight is 172 g/mol. The van der Waals surface area contributed by atoms with E-state index in [0.29, 0.717) is 0 Å². The highest BCUT2D eigenvalue weighted by molar-refractivity contribution is 6.43. The van der Waals surface area contributed by atoms with Crippen LogP contribution in [0, 0.1) is 0 Å². The number of hydrogen-bond donors (Lipinski definition) is 0. The summed E-state index contributed by atoms with van der Waals surface area (Å²) in [6.07, 6.45) is 8.80. The van der Waals surface area contributed by atoms with Gasteiger partial charge in [0.1, 0.15) is 6.67 Å². The lowest BCUT2D eigenvalue weighted by Crippen LogP contribution is -2.06. The van der Waals surface area contributed by atoms with E-state index in [9.17, 15) is 4.39 Å². The van der Waals surface area contributed by atoms with Crippen molar-refractivity contribution in [3.8, 4) is 0 Å². The van der Waals surface area contributed by atoms with Crippen molar-refractivity contribution in [2.75, 3.05) is 6.67 Å². The van der Waals surface area contributed by atoms with Crippen molar-refractivity contribution < 1.29 is 4.39 Å². The maximum Gasteiger partial charge on any atom is 0.107 e. The molecule has 1 aliphatic rings. The Morgan fingerprint density at radius 2 is 2.00 bits per heavy atom. The zero-order valence-corrected chi connectivity index (χ0v) is 8.47. The molecule has 0 N–H and O–H groups in total. The number of hydrogen-bond acceptors (Lipinski definition) is 0. The second-order valence-electron chi connectivity index (χ2n) is 3.37. The zero-order valence-electron chi connectivity index (χ0n) is 7.06. The number of halogens is 1. The van der Waals surface area contributed by atoms with Crippen LogP contribution < -0.4 is 0 Å². The maximum atomic E-state index is 11.7. The molecule has 1 rings (SSSR count). The van der Waals surface area contributed by atoms with E-state index < -0.39 is 0 Å². The number of rotatable bonds is 3. The molecule has 11 heavy (non-hydrogen) atoms. The molecule has 0 amide bonds. The third kappa shape index (κ3) is 3.70. The zero-order chi connectivity index (χ0) is 7.94. The van der Waals surface area contributed by atoms with Gasteiger partial charge in [-0.05, 0) is 5.54 Å². The fourth-order valence-corrected chi connectivity index (χ4v) is 3.53. The van der Waals surface area contributed by atoms with Crippen molar-refractivity contribution >= 4 is 9.52 Å². The van der Waals surface area contributed by atoms with Gasteiger partial charge in [-0.3, -0.25) is 0 Å². The van der Waals surface area contributed by atoms with Crippen LogP contribution in [-0.4, -0.2) is 16.2 Å². The van der Waals surface area contributed by atoms with Crippen LogP contribution in [0.1, 0.15) is 32.1 Å². The standard InChI is InChI=1S/C9H17FSi/c10-7-4-8-11-9-5-2-1-3-6-9/h4,8-9H,1-3,5-7,11H2. The Hall–Kier alpha value is -0.113. The minimum atomic E-state index is -0.264. The summed E-state index contributed by atoms with van der Waals surface area (Å²) in [5.74, 6) is 0. The van der Waals surface area contributed by atoms with Gasteiger partial charge in [0.2, 0.25) is 0 Å². The van der Waals surface area contributed by atoms with Crippen LogP contribution in [0.4, 0.5) is 4.39 Å². The molecule has 0 saturated heterocycles. The summed E-state index contributed by atoms with van der Waals surface area (Å²) < 4.78 is 11.7. The molecule has 0 aromatic heterocycles. The molecule has 0 unspecified atom stereocenters. The van der Waals surface area contributed by atoms with E-state index in [0.717, 1.165) is 5.54 Å². The van der Waals surface area contributed by atoms with Crippen LogP contribution in [0.15, 0.2) is 11.8 Å². The Morgan fingerprint density at radius 1 is 1.27 bits per heavy atom. The first-order valence-corrected chi connectivity index (χ1v) is 6.27. The molecule has 0 atom stereocenters. The molecule has 0 radical (unpaired) electrons. The van der Waals surface area contributed by atoms with Crippen LogP contribution in [0.25, 0.3) is 0 Å². The highest BCUT2D eigenvalue weighted by atomic mass is 28.2. The predicted molar refractivity (Wildman–Crippen MR) is 50.5 cm³/mol. The van der Waals surface area contributed by atoms with Gasteiger partial charge in [-0.15, -0.1) is 5.70 Å². The lowest BCUT2D eigenvalue weighted by atomic mass is 10.0. The third-order valence-corrected chi connectivity index (χ3v) is 4.54. The van der Waals surface area contributed by atoms with Crippen molar-refractivity contribution in [1.82, 2.24) is 0 Å². The number of allylic oxidation sites excluding steroid dienone is 1. The van der Waals surface area contributed by atoms with E-state index in [1.165, 1.54) is 32.1 Å². The molecule has 0 bridgehead atoms. The van der Waals surface area contributed by atoms with Gasteiger partial charge in [0.25, 0.3) is 0 Å². The van der Waals surface area contributed by atoms with Crippen molar-refractivity contribution in [3.05, 3.63) is 11.8 Å². The molecule has 0 aliphatic heterocycles. The Kier molecular flexibility index (Phi) is 4.51. The minimum absolute atomic E-state index is 0.0660. The molecule has 0 spiro atoms. The largest absolute Gasteiger partial charge is 0.247 e. The predicted octanol–water partition coefficient (Wildman–Crippen LogP) is 2.39. The van der Waals surface area contributed by atoms with Crippen LogP contribution in [-0.2, 0) is 0 Å². The van der Waals surface area contributed by atoms with Gasteiger partial charge in [-0.25, -0.2) is 4.39 Å². The molecule has 0 heterocycles. The monoisotopic (exact) mass is 172 g/mol. The second-order valence-corrected chi connectivity index (χ2v) is 5.46. The molecule has 0 aromatic carbocycles.